The minimum atomic E-state index is 0.351. The van der Waals surface area contributed by atoms with E-state index in [0.717, 1.165) is 25.9 Å². The first kappa shape index (κ1) is 13.6. The maximum Gasteiger partial charge on any atom is 0.132 e. The molecule has 0 aliphatic carbocycles. The molecule has 0 aromatic carbocycles. The Kier molecular flexibility index (Phi) is 6.01. The van der Waals surface area contributed by atoms with E-state index in [1.54, 1.807) is 0 Å². The zero-order valence-corrected chi connectivity index (χ0v) is 10.4. The van der Waals surface area contributed by atoms with Crippen LogP contribution in [0.4, 0.5) is 0 Å². The van der Waals surface area contributed by atoms with Gasteiger partial charge in [-0.2, -0.15) is 0 Å². The van der Waals surface area contributed by atoms with Gasteiger partial charge in [0.15, 0.2) is 0 Å². The van der Waals surface area contributed by atoms with Gasteiger partial charge in [-0.05, 0) is 25.4 Å². The molecule has 0 aromatic rings. The lowest BCUT2D eigenvalue weighted by molar-refractivity contribution is -0.118. The summed E-state index contributed by atoms with van der Waals surface area (Å²) in [6.07, 6.45) is 2.42. The monoisotopic (exact) mass is 199 g/mol. The van der Waals surface area contributed by atoms with Crippen molar-refractivity contribution in [3.05, 3.63) is 0 Å². The van der Waals surface area contributed by atoms with Gasteiger partial charge in [0.1, 0.15) is 5.78 Å². The Morgan fingerprint density at radius 1 is 1.29 bits per heavy atom. The van der Waals surface area contributed by atoms with Crippen molar-refractivity contribution in [2.75, 3.05) is 20.1 Å². The summed E-state index contributed by atoms with van der Waals surface area (Å²) in [6.45, 7) is 10.8. The van der Waals surface area contributed by atoms with Crippen LogP contribution in [0.5, 0.6) is 0 Å². The van der Waals surface area contributed by atoms with Crippen LogP contribution in [-0.2, 0) is 4.79 Å². The highest BCUT2D eigenvalue weighted by molar-refractivity contribution is 5.77. The van der Waals surface area contributed by atoms with Gasteiger partial charge in [-0.15, -0.1) is 0 Å². The van der Waals surface area contributed by atoms with Crippen LogP contribution in [0.15, 0.2) is 0 Å². The standard InChI is InChI=1S/C12H25NO/c1-6-11(14)8-7-9-13(5)10-12(2,3)4/h6-10H2,1-5H3. The largest absolute Gasteiger partial charge is 0.306 e. The Hall–Kier alpha value is -0.370. The summed E-state index contributed by atoms with van der Waals surface area (Å²) in [5, 5.41) is 0. The summed E-state index contributed by atoms with van der Waals surface area (Å²) in [5.41, 5.74) is 0.351. The number of hydrogen-bond donors (Lipinski definition) is 0. The first-order chi connectivity index (χ1) is 6.35. The molecule has 0 fully saturated rings. The first-order valence-electron chi connectivity index (χ1n) is 5.55. The lowest BCUT2D eigenvalue weighted by atomic mass is 9.96. The van der Waals surface area contributed by atoms with E-state index >= 15 is 0 Å². The molecule has 0 amide bonds. The van der Waals surface area contributed by atoms with Gasteiger partial charge < -0.3 is 4.90 Å². The Morgan fingerprint density at radius 2 is 1.86 bits per heavy atom. The van der Waals surface area contributed by atoms with Crippen LogP contribution in [0.1, 0.15) is 47.0 Å². The molecule has 0 saturated carbocycles. The van der Waals surface area contributed by atoms with E-state index in [2.05, 4.69) is 32.7 Å². The van der Waals surface area contributed by atoms with Crippen LogP contribution in [0.3, 0.4) is 0 Å². The zero-order chi connectivity index (χ0) is 11.2. The minimum Gasteiger partial charge on any atom is -0.306 e. The van der Waals surface area contributed by atoms with Crippen LogP contribution in [0, 0.1) is 5.41 Å². The predicted octanol–water partition coefficient (Wildman–Crippen LogP) is 2.72. The number of ketones is 1. The number of carbonyl (C=O) groups is 1. The van der Waals surface area contributed by atoms with Gasteiger partial charge in [0.05, 0.1) is 0 Å². The minimum absolute atomic E-state index is 0.351. The molecule has 0 bridgehead atoms. The molecule has 0 unspecified atom stereocenters. The molecule has 0 aliphatic rings. The molecule has 0 radical (unpaired) electrons. The fourth-order valence-corrected chi connectivity index (χ4v) is 1.61. The highest BCUT2D eigenvalue weighted by Gasteiger charge is 2.13. The lowest BCUT2D eigenvalue weighted by Gasteiger charge is -2.26. The second kappa shape index (κ2) is 6.18. The van der Waals surface area contributed by atoms with Crippen molar-refractivity contribution in [1.29, 1.82) is 0 Å². The molecule has 0 aromatic heterocycles. The molecule has 2 heteroatoms. The Balaban J connectivity index is 3.54. The average Bonchev–Trinajstić information content (AvgIpc) is 2.00. The molecule has 0 rings (SSSR count). The molecule has 0 aliphatic heterocycles. The summed E-state index contributed by atoms with van der Waals surface area (Å²) < 4.78 is 0. The molecule has 0 spiro atoms. The molecule has 0 heterocycles. The molecular weight excluding hydrogens is 174 g/mol. The quantitative estimate of drug-likeness (QED) is 0.655. The number of rotatable bonds is 6. The maximum absolute atomic E-state index is 11.1. The number of hydrogen-bond acceptors (Lipinski definition) is 2. The Morgan fingerprint density at radius 3 is 2.29 bits per heavy atom. The highest BCUT2D eigenvalue weighted by atomic mass is 16.1. The van der Waals surface area contributed by atoms with Gasteiger partial charge in [-0.3, -0.25) is 4.79 Å². The van der Waals surface area contributed by atoms with Gasteiger partial charge in [-0.25, -0.2) is 0 Å². The second-order valence-electron chi connectivity index (χ2n) is 5.29. The molecule has 2 nitrogen and oxygen atoms in total. The van der Waals surface area contributed by atoms with Gasteiger partial charge in [-0.1, -0.05) is 27.7 Å². The highest BCUT2D eigenvalue weighted by Crippen LogP contribution is 2.14. The topological polar surface area (TPSA) is 20.3 Å². The van der Waals surface area contributed by atoms with Crippen LogP contribution in [-0.4, -0.2) is 30.8 Å². The zero-order valence-electron chi connectivity index (χ0n) is 10.4. The molecule has 0 atom stereocenters. The summed E-state index contributed by atoms with van der Waals surface area (Å²) in [5.74, 6) is 0.383. The second-order valence-corrected chi connectivity index (χ2v) is 5.29. The van der Waals surface area contributed by atoms with Crippen molar-refractivity contribution in [3.63, 3.8) is 0 Å². The van der Waals surface area contributed by atoms with Crippen molar-refractivity contribution in [3.8, 4) is 0 Å². The Labute approximate surface area is 88.7 Å². The summed E-state index contributed by atoms with van der Waals surface area (Å²) in [4.78, 5) is 13.4. The number of Topliss-reactive ketones (excluding diaryl/α,β-unsaturated/α-hetero) is 1. The predicted molar refractivity (Wildman–Crippen MR) is 61.5 cm³/mol. The third-order valence-corrected chi connectivity index (χ3v) is 2.13. The molecule has 0 N–H and O–H groups in total. The third-order valence-electron chi connectivity index (χ3n) is 2.13. The van der Waals surface area contributed by atoms with Gasteiger partial charge in [0, 0.05) is 19.4 Å². The van der Waals surface area contributed by atoms with Crippen LogP contribution < -0.4 is 0 Å². The Bertz CT molecular complexity index is 170. The van der Waals surface area contributed by atoms with Gasteiger partial charge in [0.2, 0.25) is 0 Å². The SMILES string of the molecule is CCC(=O)CCCN(C)CC(C)(C)C. The van der Waals surface area contributed by atoms with E-state index < -0.39 is 0 Å². The molecule has 0 saturated heterocycles. The summed E-state index contributed by atoms with van der Waals surface area (Å²) in [7, 11) is 2.13. The van der Waals surface area contributed by atoms with Crippen LogP contribution in [0.25, 0.3) is 0 Å². The van der Waals surface area contributed by atoms with Crippen molar-refractivity contribution in [1.82, 2.24) is 4.90 Å². The van der Waals surface area contributed by atoms with E-state index in [-0.39, 0.29) is 0 Å². The van der Waals surface area contributed by atoms with E-state index in [1.807, 2.05) is 6.92 Å². The summed E-state index contributed by atoms with van der Waals surface area (Å²) >= 11 is 0. The normalized spacial score (nSPS) is 12.1. The summed E-state index contributed by atoms with van der Waals surface area (Å²) in [6, 6.07) is 0. The molecule has 14 heavy (non-hydrogen) atoms. The van der Waals surface area contributed by atoms with Crippen molar-refractivity contribution in [2.24, 2.45) is 5.41 Å². The smallest absolute Gasteiger partial charge is 0.132 e. The first-order valence-corrected chi connectivity index (χ1v) is 5.55. The van der Waals surface area contributed by atoms with Crippen molar-refractivity contribution < 1.29 is 4.79 Å². The van der Waals surface area contributed by atoms with Crippen molar-refractivity contribution >= 4 is 5.78 Å². The third kappa shape index (κ3) is 8.24. The van der Waals surface area contributed by atoms with Gasteiger partial charge in [0.25, 0.3) is 0 Å². The maximum atomic E-state index is 11.1. The number of nitrogens with zero attached hydrogens (tertiary/aromatic N) is 1. The van der Waals surface area contributed by atoms with Crippen molar-refractivity contribution in [2.45, 2.75) is 47.0 Å². The van der Waals surface area contributed by atoms with E-state index in [9.17, 15) is 4.79 Å². The van der Waals surface area contributed by atoms with E-state index in [1.165, 1.54) is 0 Å². The van der Waals surface area contributed by atoms with E-state index in [0.29, 0.717) is 17.6 Å². The van der Waals surface area contributed by atoms with E-state index in [4.69, 9.17) is 0 Å². The molecule has 84 valence electrons. The molecular formula is C12H25NO. The van der Waals surface area contributed by atoms with Gasteiger partial charge >= 0.3 is 0 Å². The fourth-order valence-electron chi connectivity index (χ4n) is 1.61. The number of carbonyl (C=O) groups excluding carboxylic acids is 1. The fraction of sp³-hybridized carbons (Fsp3) is 0.917. The van der Waals surface area contributed by atoms with Crippen LogP contribution in [0.2, 0.25) is 0 Å². The lowest BCUT2D eigenvalue weighted by Crippen LogP contribution is -2.30. The average molecular weight is 199 g/mol. The van der Waals surface area contributed by atoms with Crippen LogP contribution >= 0.6 is 0 Å².